The highest BCUT2D eigenvalue weighted by molar-refractivity contribution is 4.99. The third kappa shape index (κ3) is 2.41. The number of rotatable bonds is 3. The first-order valence-corrected chi connectivity index (χ1v) is 5.92. The second-order valence-electron chi connectivity index (χ2n) is 4.71. The zero-order valence-corrected chi connectivity index (χ0v) is 9.59. The van der Waals surface area contributed by atoms with Crippen LogP contribution < -0.4 is 5.73 Å². The molecule has 16 heavy (non-hydrogen) atoms. The minimum atomic E-state index is -0.831. The lowest BCUT2D eigenvalue weighted by Crippen LogP contribution is -2.14. The summed E-state index contributed by atoms with van der Waals surface area (Å²) >= 11 is 0. The maximum Gasteiger partial charge on any atom is 0.256 e. The van der Waals surface area contributed by atoms with Gasteiger partial charge in [0.15, 0.2) is 5.82 Å². The van der Waals surface area contributed by atoms with Crippen LogP contribution in [0.4, 0.5) is 0 Å². The molecule has 0 bridgehead atoms. The van der Waals surface area contributed by atoms with E-state index in [0.717, 1.165) is 24.6 Å². The molecule has 0 amide bonds. The van der Waals surface area contributed by atoms with Crippen molar-refractivity contribution in [3.8, 4) is 0 Å². The summed E-state index contributed by atoms with van der Waals surface area (Å²) in [4.78, 5) is 4.23. The van der Waals surface area contributed by atoms with Crippen molar-refractivity contribution in [3.05, 3.63) is 11.7 Å². The summed E-state index contributed by atoms with van der Waals surface area (Å²) in [6, 6.07) is 0. The van der Waals surface area contributed by atoms with E-state index in [-0.39, 0.29) is 12.4 Å². The predicted octanol–water partition coefficient (Wildman–Crippen LogP) is 1.36. The maximum atomic E-state index is 9.47. The molecule has 1 aliphatic carbocycles. The fourth-order valence-electron chi connectivity index (χ4n) is 2.32. The van der Waals surface area contributed by atoms with Gasteiger partial charge in [0.25, 0.3) is 5.89 Å². The van der Waals surface area contributed by atoms with Gasteiger partial charge in [0.05, 0.1) is 0 Å². The molecule has 5 heteroatoms. The minimum Gasteiger partial charge on any atom is -0.382 e. The van der Waals surface area contributed by atoms with Crippen molar-refractivity contribution < 1.29 is 9.63 Å². The van der Waals surface area contributed by atoms with Gasteiger partial charge >= 0.3 is 0 Å². The predicted molar refractivity (Wildman–Crippen MR) is 58.7 cm³/mol. The Hall–Kier alpha value is -0.940. The van der Waals surface area contributed by atoms with E-state index in [1.807, 2.05) is 0 Å². The van der Waals surface area contributed by atoms with E-state index in [1.54, 1.807) is 0 Å². The van der Waals surface area contributed by atoms with Crippen LogP contribution in [0, 0.1) is 5.92 Å². The molecule has 1 aromatic rings. The fraction of sp³-hybridized carbons (Fsp3) is 0.818. The monoisotopic (exact) mass is 225 g/mol. The van der Waals surface area contributed by atoms with Gasteiger partial charge in [-0.2, -0.15) is 4.98 Å². The highest BCUT2D eigenvalue weighted by Gasteiger charge is 2.25. The molecule has 1 fully saturated rings. The average Bonchev–Trinajstić information content (AvgIpc) is 2.77. The molecule has 3 atom stereocenters. The van der Waals surface area contributed by atoms with Gasteiger partial charge in [-0.05, 0) is 18.8 Å². The lowest BCUT2D eigenvalue weighted by molar-refractivity contribution is 0.141. The summed E-state index contributed by atoms with van der Waals surface area (Å²) in [6.07, 6.45) is 3.89. The summed E-state index contributed by atoms with van der Waals surface area (Å²) in [7, 11) is 0. The van der Waals surface area contributed by atoms with Crippen LogP contribution in [0.2, 0.25) is 0 Å². The number of aliphatic hydroxyl groups is 1. The second kappa shape index (κ2) is 4.93. The van der Waals surface area contributed by atoms with Crippen LogP contribution >= 0.6 is 0 Å². The van der Waals surface area contributed by atoms with E-state index >= 15 is 0 Å². The summed E-state index contributed by atoms with van der Waals surface area (Å²) < 4.78 is 5.01. The molecule has 0 aliphatic heterocycles. The molecule has 5 nitrogen and oxygen atoms in total. The first-order chi connectivity index (χ1) is 7.70. The normalized spacial score (nSPS) is 27.9. The zero-order valence-electron chi connectivity index (χ0n) is 9.59. The van der Waals surface area contributed by atoms with Crippen molar-refractivity contribution in [1.29, 1.82) is 0 Å². The van der Waals surface area contributed by atoms with Crippen LogP contribution in [0.25, 0.3) is 0 Å². The molecule has 2 rings (SSSR count). The van der Waals surface area contributed by atoms with Gasteiger partial charge < -0.3 is 15.4 Å². The van der Waals surface area contributed by atoms with Gasteiger partial charge in [-0.3, -0.25) is 0 Å². The van der Waals surface area contributed by atoms with Crippen LogP contribution in [-0.4, -0.2) is 21.8 Å². The number of aromatic nitrogens is 2. The van der Waals surface area contributed by atoms with E-state index in [1.165, 1.54) is 12.8 Å². The largest absolute Gasteiger partial charge is 0.382 e. The Morgan fingerprint density at radius 2 is 2.38 bits per heavy atom. The Kier molecular flexibility index (Phi) is 3.56. The highest BCUT2D eigenvalue weighted by Crippen LogP contribution is 2.34. The molecule has 0 spiro atoms. The van der Waals surface area contributed by atoms with Gasteiger partial charge in [0.2, 0.25) is 0 Å². The molecule has 90 valence electrons. The molecular formula is C11H19N3O2. The van der Waals surface area contributed by atoms with Crippen LogP contribution in [0.15, 0.2) is 4.52 Å². The topological polar surface area (TPSA) is 85.2 Å². The lowest BCUT2D eigenvalue weighted by atomic mass is 9.82. The molecule has 0 aromatic carbocycles. The van der Waals surface area contributed by atoms with Crippen LogP contribution in [0.5, 0.6) is 0 Å². The Balaban J connectivity index is 2.06. The van der Waals surface area contributed by atoms with Crippen molar-refractivity contribution in [3.63, 3.8) is 0 Å². The molecule has 0 saturated heterocycles. The maximum absolute atomic E-state index is 9.47. The van der Waals surface area contributed by atoms with Gasteiger partial charge in [0, 0.05) is 12.5 Å². The van der Waals surface area contributed by atoms with Crippen molar-refractivity contribution in [1.82, 2.24) is 10.1 Å². The molecular weight excluding hydrogens is 206 g/mol. The molecule has 1 aliphatic rings. The van der Waals surface area contributed by atoms with Crippen molar-refractivity contribution in [2.45, 2.75) is 44.6 Å². The van der Waals surface area contributed by atoms with E-state index in [0.29, 0.717) is 5.92 Å². The molecule has 3 unspecified atom stereocenters. The molecule has 1 aromatic heterocycles. The number of aliphatic hydroxyl groups excluding tert-OH is 1. The van der Waals surface area contributed by atoms with Crippen molar-refractivity contribution >= 4 is 0 Å². The van der Waals surface area contributed by atoms with Gasteiger partial charge in [-0.25, -0.2) is 0 Å². The summed E-state index contributed by atoms with van der Waals surface area (Å²) in [6.45, 7) is 2.37. The minimum absolute atomic E-state index is 0.114. The first kappa shape index (κ1) is 11.5. The van der Waals surface area contributed by atoms with E-state index in [4.69, 9.17) is 10.3 Å². The van der Waals surface area contributed by atoms with E-state index in [9.17, 15) is 5.11 Å². The van der Waals surface area contributed by atoms with Gasteiger partial charge in [-0.1, -0.05) is 24.9 Å². The Morgan fingerprint density at radius 1 is 1.56 bits per heavy atom. The Bertz CT molecular complexity index is 340. The standard InChI is InChI=1S/C11H19N3O2/c1-7-3-2-4-8(5-7)10-13-11(16-14-10)9(15)6-12/h7-9,15H,2-6,12H2,1H3. The van der Waals surface area contributed by atoms with E-state index < -0.39 is 6.10 Å². The third-order valence-corrected chi connectivity index (χ3v) is 3.27. The molecule has 0 radical (unpaired) electrons. The number of nitrogens with two attached hydrogens (primary N) is 1. The quantitative estimate of drug-likeness (QED) is 0.811. The third-order valence-electron chi connectivity index (χ3n) is 3.27. The second-order valence-corrected chi connectivity index (χ2v) is 4.71. The molecule has 1 saturated carbocycles. The molecule has 3 N–H and O–H groups in total. The summed E-state index contributed by atoms with van der Waals surface area (Å²) in [5, 5.41) is 13.4. The van der Waals surface area contributed by atoms with Crippen LogP contribution in [0.3, 0.4) is 0 Å². The van der Waals surface area contributed by atoms with E-state index in [2.05, 4.69) is 17.1 Å². The number of hydrogen-bond donors (Lipinski definition) is 2. The SMILES string of the molecule is CC1CCCC(c2noc(C(O)CN)n2)C1. The van der Waals surface area contributed by atoms with Crippen LogP contribution in [0.1, 0.15) is 56.3 Å². The van der Waals surface area contributed by atoms with Gasteiger partial charge in [-0.15, -0.1) is 0 Å². The lowest BCUT2D eigenvalue weighted by Gasteiger charge is -2.23. The smallest absolute Gasteiger partial charge is 0.256 e. The summed E-state index contributed by atoms with van der Waals surface area (Å²) in [5.41, 5.74) is 5.34. The fourth-order valence-corrected chi connectivity index (χ4v) is 2.32. The zero-order chi connectivity index (χ0) is 11.5. The van der Waals surface area contributed by atoms with Crippen molar-refractivity contribution in [2.24, 2.45) is 11.7 Å². The number of nitrogens with zero attached hydrogens (tertiary/aromatic N) is 2. The van der Waals surface area contributed by atoms with Crippen molar-refractivity contribution in [2.75, 3.05) is 6.54 Å². The van der Waals surface area contributed by atoms with Crippen LogP contribution in [-0.2, 0) is 0 Å². The first-order valence-electron chi connectivity index (χ1n) is 5.92. The number of hydrogen-bond acceptors (Lipinski definition) is 5. The Labute approximate surface area is 95.0 Å². The average molecular weight is 225 g/mol. The molecule has 1 heterocycles. The highest BCUT2D eigenvalue weighted by atomic mass is 16.5. The summed E-state index contributed by atoms with van der Waals surface area (Å²) in [5.74, 6) is 2.08. The Morgan fingerprint density at radius 3 is 3.06 bits per heavy atom. The van der Waals surface area contributed by atoms with Gasteiger partial charge in [0.1, 0.15) is 6.10 Å².